The quantitative estimate of drug-likeness (QED) is 0.449. The van der Waals surface area contributed by atoms with Gasteiger partial charge >= 0.3 is 0 Å². The van der Waals surface area contributed by atoms with Gasteiger partial charge in [-0.2, -0.15) is 0 Å². The Labute approximate surface area is 114 Å². The lowest BCUT2D eigenvalue weighted by atomic mass is 10.0. The third-order valence-corrected chi connectivity index (χ3v) is 3.72. The second kappa shape index (κ2) is 10.2. The molecular formula is C18H30. The van der Waals surface area contributed by atoms with E-state index >= 15 is 0 Å². The molecule has 1 rings (SSSR count). The van der Waals surface area contributed by atoms with Crippen LogP contribution in [-0.2, 0) is 12.8 Å². The Hall–Kier alpha value is -0.780. The second-order valence-electron chi connectivity index (χ2n) is 5.40. The molecule has 0 amide bonds. The van der Waals surface area contributed by atoms with Gasteiger partial charge in [-0.3, -0.25) is 0 Å². The average molecular weight is 246 g/mol. The highest BCUT2D eigenvalue weighted by atomic mass is 14.0. The normalized spacial score (nSPS) is 10.8. The van der Waals surface area contributed by atoms with Crippen LogP contribution in [0.15, 0.2) is 24.3 Å². The van der Waals surface area contributed by atoms with E-state index in [0.717, 1.165) is 6.42 Å². The highest BCUT2D eigenvalue weighted by molar-refractivity contribution is 5.23. The van der Waals surface area contributed by atoms with Crippen LogP contribution in [0.3, 0.4) is 0 Å². The van der Waals surface area contributed by atoms with E-state index in [0.29, 0.717) is 0 Å². The van der Waals surface area contributed by atoms with Gasteiger partial charge in [0.2, 0.25) is 0 Å². The van der Waals surface area contributed by atoms with Crippen LogP contribution in [-0.4, -0.2) is 0 Å². The zero-order chi connectivity index (χ0) is 13.1. The topological polar surface area (TPSA) is 0 Å². The van der Waals surface area contributed by atoms with Gasteiger partial charge in [0.25, 0.3) is 0 Å². The summed E-state index contributed by atoms with van der Waals surface area (Å²) >= 11 is 0. The Morgan fingerprint density at radius 2 is 1.33 bits per heavy atom. The number of benzene rings is 1. The van der Waals surface area contributed by atoms with Crippen molar-refractivity contribution in [2.45, 2.75) is 78.1 Å². The largest absolute Gasteiger partial charge is 0.0654 e. The molecule has 0 aliphatic heterocycles. The van der Waals surface area contributed by atoms with Crippen LogP contribution in [0.1, 0.15) is 76.3 Å². The van der Waals surface area contributed by atoms with E-state index in [-0.39, 0.29) is 0 Å². The number of aryl methyl sites for hydroxylation is 2. The first-order valence-corrected chi connectivity index (χ1v) is 7.94. The summed E-state index contributed by atoms with van der Waals surface area (Å²) in [4.78, 5) is 0. The van der Waals surface area contributed by atoms with E-state index in [4.69, 9.17) is 0 Å². The monoisotopic (exact) mass is 246 g/mol. The third kappa shape index (κ3) is 6.83. The molecule has 0 bridgehead atoms. The molecule has 0 saturated heterocycles. The SMILES string of the molecule is CCCCCCCCCCc1cccc(CC)c1. The number of hydrogen-bond donors (Lipinski definition) is 0. The summed E-state index contributed by atoms with van der Waals surface area (Å²) in [6, 6.07) is 9.10. The Kier molecular flexibility index (Phi) is 8.63. The first kappa shape index (κ1) is 15.3. The summed E-state index contributed by atoms with van der Waals surface area (Å²) in [7, 11) is 0. The van der Waals surface area contributed by atoms with Gasteiger partial charge < -0.3 is 0 Å². The van der Waals surface area contributed by atoms with E-state index in [9.17, 15) is 0 Å². The molecule has 0 radical (unpaired) electrons. The number of rotatable bonds is 10. The summed E-state index contributed by atoms with van der Waals surface area (Å²) in [5.74, 6) is 0. The highest BCUT2D eigenvalue weighted by Gasteiger charge is 1.96. The molecule has 0 aromatic heterocycles. The summed E-state index contributed by atoms with van der Waals surface area (Å²) < 4.78 is 0. The minimum Gasteiger partial charge on any atom is -0.0654 e. The van der Waals surface area contributed by atoms with Crippen molar-refractivity contribution < 1.29 is 0 Å². The van der Waals surface area contributed by atoms with Crippen molar-refractivity contribution in [3.63, 3.8) is 0 Å². The Balaban J connectivity index is 2.03. The summed E-state index contributed by atoms with van der Waals surface area (Å²) in [6.45, 7) is 4.51. The summed E-state index contributed by atoms with van der Waals surface area (Å²) in [6.07, 6.45) is 13.7. The first-order valence-electron chi connectivity index (χ1n) is 7.94. The van der Waals surface area contributed by atoms with Crippen LogP contribution in [0.4, 0.5) is 0 Å². The predicted molar refractivity (Wildman–Crippen MR) is 82.1 cm³/mol. The lowest BCUT2D eigenvalue weighted by Gasteiger charge is -2.04. The van der Waals surface area contributed by atoms with Crippen LogP contribution in [0.2, 0.25) is 0 Å². The fourth-order valence-corrected chi connectivity index (χ4v) is 2.47. The highest BCUT2D eigenvalue weighted by Crippen LogP contribution is 2.12. The van der Waals surface area contributed by atoms with Gasteiger partial charge in [0.05, 0.1) is 0 Å². The zero-order valence-electron chi connectivity index (χ0n) is 12.4. The molecule has 0 heteroatoms. The van der Waals surface area contributed by atoms with E-state index in [1.165, 1.54) is 68.9 Å². The number of unbranched alkanes of at least 4 members (excludes halogenated alkanes) is 7. The van der Waals surface area contributed by atoms with Crippen LogP contribution in [0.25, 0.3) is 0 Å². The fraction of sp³-hybridized carbons (Fsp3) is 0.667. The molecule has 0 aliphatic carbocycles. The summed E-state index contributed by atoms with van der Waals surface area (Å²) in [5.41, 5.74) is 3.01. The molecular weight excluding hydrogens is 216 g/mol. The Morgan fingerprint density at radius 3 is 2.00 bits per heavy atom. The van der Waals surface area contributed by atoms with Gasteiger partial charge in [-0.25, -0.2) is 0 Å². The second-order valence-corrected chi connectivity index (χ2v) is 5.40. The lowest BCUT2D eigenvalue weighted by Crippen LogP contribution is -1.88. The Bertz CT molecular complexity index is 301. The van der Waals surface area contributed by atoms with Crippen LogP contribution in [0, 0.1) is 0 Å². The van der Waals surface area contributed by atoms with Crippen molar-refractivity contribution >= 4 is 0 Å². The lowest BCUT2D eigenvalue weighted by molar-refractivity contribution is 0.575. The molecule has 102 valence electrons. The molecule has 0 atom stereocenters. The average Bonchev–Trinajstić information content (AvgIpc) is 2.42. The molecule has 1 aromatic carbocycles. The maximum Gasteiger partial charge on any atom is -0.0279 e. The molecule has 0 heterocycles. The van der Waals surface area contributed by atoms with E-state index in [2.05, 4.69) is 38.1 Å². The maximum absolute atomic E-state index is 2.38. The van der Waals surface area contributed by atoms with Crippen molar-refractivity contribution in [2.75, 3.05) is 0 Å². The molecule has 0 unspecified atom stereocenters. The summed E-state index contributed by atoms with van der Waals surface area (Å²) in [5, 5.41) is 0. The van der Waals surface area contributed by atoms with Crippen molar-refractivity contribution in [3.05, 3.63) is 35.4 Å². The van der Waals surface area contributed by atoms with Gasteiger partial charge in [-0.05, 0) is 30.4 Å². The van der Waals surface area contributed by atoms with Gasteiger partial charge in [-0.1, -0.05) is 83.1 Å². The zero-order valence-corrected chi connectivity index (χ0v) is 12.4. The van der Waals surface area contributed by atoms with Crippen LogP contribution in [0.5, 0.6) is 0 Å². The third-order valence-electron chi connectivity index (χ3n) is 3.72. The van der Waals surface area contributed by atoms with E-state index < -0.39 is 0 Å². The molecule has 0 aliphatic rings. The molecule has 0 saturated carbocycles. The maximum atomic E-state index is 2.38. The smallest absolute Gasteiger partial charge is 0.0279 e. The van der Waals surface area contributed by atoms with Crippen molar-refractivity contribution in [2.24, 2.45) is 0 Å². The number of hydrogen-bond acceptors (Lipinski definition) is 0. The minimum absolute atomic E-state index is 1.16. The molecule has 0 N–H and O–H groups in total. The van der Waals surface area contributed by atoms with Crippen molar-refractivity contribution in [1.29, 1.82) is 0 Å². The Morgan fingerprint density at radius 1 is 0.722 bits per heavy atom. The van der Waals surface area contributed by atoms with E-state index in [1.807, 2.05) is 0 Å². The molecule has 18 heavy (non-hydrogen) atoms. The van der Waals surface area contributed by atoms with Gasteiger partial charge in [0.15, 0.2) is 0 Å². The van der Waals surface area contributed by atoms with Gasteiger partial charge in [0, 0.05) is 0 Å². The van der Waals surface area contributed by atoms with Crippen LogP contribution < -0.4 is 0 Å². The van der Waals surface area contributed by atoms with Crippen molar-refractivity contribution in [3.8, 4) is 0 Å². The first-order chi connectivity index (χ1) is 8.86. The van der Waals surface area contributed by atoms with Crippen LogP contribution >= 0.6 is 0 Å². The standard InChI is InChI=1S/C18H30/c1-3-5-6-7-8-9-10-11-13-18-15-12-14-17(4-2)16-18/h12,14-16H,3-11,13H2,1-2H3. The van der Waals surface area contributed by atoms with Gasteiger partial charge in [-0.15, -0.1) is 0 Å². The minimum atomic E-state index is 1.16. The predicted octanol–water partition coefficient (Wildman–Crippen LogP) is 5.93. The molecule has 0 nitrogen and oxygen atoms in total. The fourth-order valence-electron chi connectivity index (χ4n) is 2.47. The van der Waals surface area contributed by atoms with Crippen molar-refractivity contribution in [1.82, 2.24) is 0 Å². The molecule has 0 spiro atoms. The molecule has 1 aromatic rings. The van der Waals surface area contributed by atoms with E-state index in [1.54, 1.807) is 0 Å². The molecule has 0 fully saturated rings. The van der Waals surface area contributed by atoms with Gasteiger partial charge in [0.1, 0.15) is 0 Å².